The van der Waals surface area contributed by atoms with Crippen LogP contribution in [-0.2, 0) is 0 Å². The predicted octanol–water partition coefficient (Wildman–Crippen LogP) is 10.8. The van der Waals surface area contributed by atoms with Gasteiger partial charge < -0.3 is 23.7 Å². The van der Waals surface area contributed by atoms with Crippen molar-refractivity contribution in [2.45, 2.75) is 97.5 Å². The number of carbonyl (C=O) groups excluding carboxylic acids is 3. The quantitative estimate of drug-likeness (QED) is 0.0483. The summed E-state index contributed by atoms with van der Waals surface area (Å²) in [6, 6.07) is 26.0. The first-order chi connectivity index (χ1) is 24.8. The largest absolute Gasteiger partial charge is 0.494 e. The summed E-state index contributed by atoms with van der Waals surface area (Å²) in [7, 11) is 0. The van der Waals surface area contributed by atoms with Crippen molar-refractivity contribution in [1.82, 2.24) is 0 Å². The molecule has 0 spiro atoms. The molecule has 270 valence electrons. The molecule has 0 fully saturated rings. The Bertz CT molecular complexity index is 1630. The van der Waals surface area contributed by atoms with Crippen LogP contribution in [0.1, 0.15) is 122 Å². The summed E-state index contributed by atoms with van der Waals surface area (Å²) in [6.07, 6.45) is 13.0. The topological polar surface area (TPSA) is 97.4 Å². The summed E-state index contributed by atoms with van der Waals surface area (Å²) in [5.41, 5.74) is 1.06. The molecule has 0 aliphatic carbocycles. The second-order valence-corrected chi connectivity index (χ2v) is 12.6. The van der Waals surface area contributed by atoms with E-state index in [2.05, 4.69) is 20.8 Å². The van der Waals surface area contributed by atoms with Crippen LogP contribution in [0.2, 0.25) is 0 Å². The van der Waals surface area contributed by atoms with Gasteiger partial charge in [-0.15, -0.1) is 0 Å². The summed E-state index contributed by atoms with van der Waals surface area (Å²) in [4.78, 5) is 38.1. The van der Waals surface area contributed by atoms with Crippen LogP contribution in [0.5, 0.6) is 28.7 Å². The summed E-state index contributed by atoms with van der Waals surface area (Å²) in [5, 5.41) is 0. The molecule has 1 unspecified atom stereocenters. The molecule has 8 nitrogen and oxygen atoms in total. The maximum Gasteiger partial charge on any atom is 0.343 e. The monoisotopic (exact) mass is 694 g/mol. The van der Waals surface area contributed by atoms with Gasteiger partial charge in [-0.25, -0.2) is 14.4 Å². The van der Waals surface area contributed by atoms with Crippen LogP contribution in [0.15, 0.2) is 97.1 Å². The molecule has 0 aromatic heterocycles. The third kappa shape index (κ3) is 13.6. The summed E-state index contributed by atoms with van der Waals surface area (Å²) >= 11 is 0. The Morgan fingerprint density at radius 2 is 0.804 bits per heavy atom. The zero-order valence-electron chi connectivity index (χ0n) is 30.1. The number of carbonyl (C=O) groups is 3. The standard InChI is InChI=1S/C43H50O8/c1-4-6-8-10-11-13-31-47-36-21-15-33(16-22-36)41(44)49-38-25-19-35(20-26-38)43(46)51-40-29-27-39(28-30-40)50-42(45)34-17-23-37(24-18-34)48-32(3)14-12-9-7-5-2/h15-30,32H,4-14,31H2,1-3H3. The van der Waals surface area contributed by atoms with Crippen LogP contribution in [0, 0.1) is 0 Å². The normalized spacial score (nSPS) is 11.4. The Kier molecular flexibility index (Phi) is 16.1. The number of esters is 3. The first-order valence-electron chi connectivity index (χ1n) is 18.2. The highest BCUT2D eigenvalue weighted by atomic mass is 16.5. The van der Waals surface area contributed by atoms with Gasteiger partial charge in [0.05, 0.1) is 29.4 Å². The number of ether oxygens (including phenoxy) is 5. The molecule has 4 aromatic rings. The Balaban J connectivity index is 1.18. The minimum Gasteiger partial charge on any atom is -0.494 e. The Morgan fingerprint density at radius 3 is 1.25 bits per heavy atom. The molecule has 0 aliphatic heterocycles. The van der Waals surface area contributed by atoms with Crippen molar-refractivity contribution in [3.63, 3.8) is 0 Å². The molecule has 1 atom stereocenters. The molecule has 0 saturated carbocycles. The smallest absolute Gasteiger partial charge is 0.343 e. The van der Waals surface area contributed by atoms with Crippen molar-refractivity contribution < 1.29 is 38.1 Å². The van der Waals surface area contributed by atoms with Crippen molar-refractivity contribution in [2.24, 2.45) is 0 Å². The van der Waals surface area contributed by atoms with Gasteiger partial charge >= 0.3 is 17.9 Å². The second-order valence-electron chi connectivity index (χ2n) is 12.6. The SMILES string of the molecule is CCCCCCCCOc1ccc(C(=O)Oc2ccc(C(=O)Oc3ccc(OC(=O)c4ccc(OC(C)CCCCCC)cc4)cc3)cc2)cc1. The number of benzene rings is 4. The van der Waals surface area contributed by atoms with E-state index in [4.69, 9.17) is 23.7 Å². The minimum absolute atomic E-state index is 0.103. The summed E-state index contributed by atoms with van der Waals surface area (Å²) in [5.74, 6) is 0.683. The highest BCUT2D eigenvalue weighted by Gasteiger charge is 2.14. The zero-order chi connectivity index (χ0) is 36.3. The average molecular weight is 695 g/mol. The van der Waals surface area contributed by atoms with Gasteiger partial charge in [0.2, 0.25) is 0 Å². The van der Waals surface area contributed by atoms with Crippen molar-refractivity contribution in [1.29, 1.82) is 0 Å². The molecule has 0 aliphatic rings. The van der Waals surface area contributed by atoms with E-state index in [1.165, 1.54) is 69.2 Å². The van der Waals surface area contributed by atoms with Crippen molar-refractivity contribution >= 4 is 17.9 Å². The van der Waals surface area contributed by atoms with Crippen LogP contribution in [-0.4, -0.2) is 30.6 Å². The van der Waals surface area contributed by atoms with Crippen molar-refractivity contribution in [3.05, 3.63) is 114 Å². The van der Waals surface area contributed by atoms with Crippen LogP contribution < -0.4 is 23.7 Å². The highest BCUT2D eigenvalue weighted by Crippen LogP contribution is 2.23. The van der Waals surface area contributed by atoms with E-state index in [1.807, 2.05) is 0 Å². The maximum atomic E-state index is 12.7. The van der Waals surface area contributed by atoms with E-state index in [0.29, 0.717) is 40.7 Å². The molecule has 0 N–H and O–H groups in total. The van der Waals surface area contributed by atoms with Crippen molar-refractivity contribution in [3.8, 4) is 28.7 Å². The fourth-order valence-corrected chi connectivity index (χ4v) is 5.31. The fraction of sp³-hybridized carbons (Fsp3) is 0.372. The number of hydrogen-bond donors (Lipinski definition) is 0. The number of rotatable bonds is 21. The molecule has 4 rings (SSSR count). The first kappa shape index (κ1) is 38.7. The summed E-state index contributed by atoms with van der Waals surface area (Å²) in [6.45, 7) is 7.10. The highest BCUT2D eigenvalue weighted by molar-refractivity contribution is 5.93. The molecule has 0 amide bonds. The lowest BCUT2D eigenvalue weighted by Crippen LogP contribution is -2.12. The molecular weight excluding hydrogens is 644 g/mol. The van der Waals surface area contributed by atoms with Gasteiger partial charge in [0.1, 0.15) is 28.7 Å². The molecule has 4 aromatic carbocycles. The van der Waals surface area contributed by atoms with E-state index < -0.39 is 17.9 Å². The van der Waals surface area contributed by atoms with E-state index >= 15 is 0 Å². The Morgan fingerprint density at radius 1 is 0.451 bits per heavy atom. The fourth-order valence-electron chi connectivity index (χ4n) is 5.31. The van der Waals surface area contributed by atoms with Gasteiger partial charge in [0, 0.05) is 0 Å². The van der Waals surface area contributed by atoms with Crippen molar-refractivity contribution in [2.75, 3.05) is 6.61 Å². The van der Waals surface area contributed by atoms with E-state index in [1.54, 1.807) is 72.8 Å². The van der Waals surface area contributed by atoms with Gasteiger partial charge in [-0.2, -0.15) is 0 Å². The maximum absolute atomic E-state index is 12.7. The van der Waals surface area contributed by atoms with Crippen LogP contribution in [0.3, 0.4) is 0 Å². The molecule has 0 heterocycles. The molecule has 51 heavy (non-hydrogen) atoms. The van der Waals surface area contributed by atoms with Gasteiger partial charge in [0.15, 0.2) is 0 Å². The Labute approximate surface area is 302 Å². The van der Waals surface area contributed by atoms with E-state index in [0.717, 1.165) is 25.7 Å². The van der Waals surface area contributed by atoms with Gasteiger partial charge in [-0.3, -0.25) is 0 Å². The van der Waals surface area contributed by atoms with Crippen LogP contribution in [0.25, 0.3) is 0 Å². The minimum atomic E-state index is -0.591. The molecule has 8 heteroatoms. The van der Waals surface area contributed by atoms with Gasteiger partial charge in [0.25, 0.3) is 0 Å². The molecule has 0 radical (unpaired) electrons. The van der Waals surface area contributed by atoms with E-state index in [-0.39, 0.29) is 17.4 Å². The summed E-state index contributed by atoms with van der Waals surface area (Å²) < 4.78 is 28.2. The lowest BCUT2D eigenvalue weighted by Gasteiger charge is -2.14. The van der Waals surface area contributed by atoms with Crippen LogP contribution in [0.4, 0.5) is 0 Å². The second kappa shape index (κ2) is 21.2. The number of hydrogen-bond acceptors (Lipinski definition) is 8. The lowest BCUT2D eigenvalue weighted by atomic mass is 10.1. The van der Waals surface area contributed by atoms with Gasteiger partial charge in [-0.05, 0) is 123 Å². The zero-order valence-corrected chi connectivity index (χ0v) is 30.1. The third-order valence-electron chi connectivity index (χ3n) is 8.29. The third-order valence-corrected chi connectivity index (χ3v) is 8.29. The number of unbranched alkanes of at least 4 members (excludes halogenated alkanes) is 8. The first-order valence-corrected chi connectivity index (χ1v) is 18.2. The molecular formula is C43H50O8. The average Bonchev–Trinajstić information content (AvgIpc) is 3.14. The van der Waals surface area contributed by atoms with Gasteiger partial charge in [-0.1, -0.05) is 65.2 Å². The van der Waals surface area contributed by atoms with Crippen LogP contribution >= 0.6 is 0 Å². The molecule has 0 bridgehead atoms. The molecule has 0 saturated heterocycles. The lowest BCUT2D eigenvalue weighted by molar-refractivity contribution is 0.0718. The predicted molar refractivity (Wildman–Crippen MR) is 198 cm³/mol. The van der Waals surface area contributed by atoms with E-state index in [9.17, 15) is 14.4 Å². The Hall–Kier alpha value is -5.11.